The van der Waals surface area contributed by atoms with E-state index >= 15 is 0 Å². The van der Waals surface area contributed by atoms with Crippen LogP contribution < -0.4 is 19.6 Å². The number of aryl methyl sites for hydroxylation is 2. The number of benzene rings is 2. The van der Waals surface area contributed by atoms with E-state index < -0.39 is 0 Å². The number of nitrogens with one attached hydrogen (secondary N) is 1. The molecule has 0 bridgehead atoms. The molecule has 6 nitrogen and oxygen atoms in total. The summed E-state index contributed by atoms with van der Waals surface area (Å²) in [6.45, 7) is 4.02. The monoisotopic (exact) mass is 326 g/mol. The molecule has 0 unspecified atom stereocenters. The minimum Gasteiger partial charge on any atom is -0.483 e. The first-order chi connectivity index (χ1) is 11.6. The molecule has 0 atom stereocenters. The molecule has 0 saturated heterocycles. The number of nitrogens with zero attached hydrogens (tertiary/aromatic N) is 1. The Morgan fingerprint density at radius 2 is 1.96 bits per heavy atom. The average molecular weight is 326 g/mol. The Kier molecular flexibility index (Phi) is 4.65. The second-order valence-electron chi connectivity index (χ2n) is 5.42. The van der Waals surface area contributed by atoms with E-state index in [4.69, 9.17) is 14.2 Å². The van der Waals surface area contributed by atoms with Crippen molar-refractivity contribution >= 4 is 12.1 Å². The second-order valence-corrected chi connectivity index (χ2v) is 5.42. The fourth-order valence-corrected chi connectivity index (χ4v) is 2.37. The van der Waals surface area contributed by atoms with Gasteiger partial charge in [-0.2, -0.15) is 5.10 Å². The maximum Gasteiger partial charge on any atom is 0.277 e. The highest BCUT2D eigenvalue weighted by molar-refractivity contribution is 5.83. The van der Waals surface area contributed by atoms with Crippen LogP contribution in [-0.2, 0) is 4.79 Å². The summed E-state index contributed by atoms with van der Waals surface area (Å²) in [4.78, 5) is 11.8. The van der Waals surface area contributed by atoms with Crippen LogP contribution in [0.25, 0.3) is 0 Å². The van der Waals surface area contributed by atoms with Gasteiger partial charge in [0.05, 0.1) is 6.21 Å². The van der Waals surface area contributed by atoms with E-state index in [1.54, 1.807) is 18.3 Å². The third kappa shape index (κ3) is 3.65. The molecule has 0 aliphatic carbocycles. The largest absolute Gasteiger partial charge is 0.483 e. The van der Waals surface area contributed by atoms with Gasteiger partial charge in [-0.1, -0.05) is 18.2 Å². The predicted octanol–water partition coefficient (Wildman–Crippen LogP) is 2.56. The van der Waals surface area contributed by atoms with Crippen LogP contribution in [0, 0.1) is 13.8 Å². The maximum atomic E-state index is 11.8. The molecule has 0 spiro atoms. The van der Waals surface area contributed by atoms with Gasteiger partial charge in [0.1, 0.15) is 5.75 Å². The second kappa shape index (κ2) is 7.04. The summed E-state index contributed by atoms with van der Waals surface area (Å²) in [7, 11) is 0. The first kappa shape index (κ1) is 15.9. The summed E-state index contributed by atoms with van der Waals surface area (Å²) >= 11 is 0. The lowest BCUT2D eigenvalue weighted by molar-refractivity contribution is -0.123. The van der Waals surface area contributed by atoms with Crippen molar-refractivity contribution in [2.45, 2.75) is 13.8 Å². The van der Waals surface area contributed by atoms with Crippen molar-refractivity contribution in [1.82, 2.24) is 5.43 Å². The lowest BCUT2D eigenvalue weighted by atomic mass is 10.1. The van der Waals surface area contributed by atoms with Gasteiger partial charge in [-0.25, -0.2) is 5.43 Å². The molecule has 0 fully saturated rings. The number of hydrazone groups is 1. The molecule has 1 N–H and O–H groups in total. The Morgan fingerprint density at radius 3 is 2.75 bits per heavy atom. The summed E-state index contributed by atoms with van der Waals surface area (Å²) < 4.78 is 16.1. The molecule has 1 aliphatic heterocycles. The van der Waals surface area contributed by atoms with E-state index in [9.17, 15) is 4.79 Å². The SMILES string of the molecule is Cc1cccc(C)c1OCC(=O)N/N=C\c1ccc2c(c1)OCO2. The topological polar surface area (TPSA) is 69.2 Å². The summed E-state index contributed by atoms with van der Waals surface area (Å²) in [5.74, 6) is 1.78. The molecular formula is C18H18N2O4. The van der Waals surface area contributed by atoms with E-state index in [2.05, 4.69) is 10.5 Å². The van der Waals surface area contributed by atoms with Crippen LogP contribution in [0.2, 0.25) is 0 Å². The maximum absolute atomic E-state index is 11.8. The van der Waals surface area contributed by atoms with Crippen molar-refractivity contribution in [2.24, 2.45) is 5.10 Å². The molecule has 1 amide bonds. The fraction of sp³-hybridized carbons (Fsp3) is 0.222. The van der Waals surface area contributed by atoms with E-state index in [0.29, 0.717) is 11.5 Å². The van der Waals surface area contributed by atoms with Crippen molar-refractivity contribution in [3.05, 3.63) is 53.1 Å². The smallest absolute Gasteiger partial charge is 0.277 e. The zero-order valence-electron chi connectivity index (χ0n) is 13.5. The van der Waals surface area contributed by atoms with E-state index in [1.165, 1.54) is 0 Å². The zero-order chi connectivity index (χ0) is 16.9. The summed E-state index contributed by atoms with van der Waals surface area (Å²) in [5.41, 5.74) is 5.23. The van der Waals surface area contributed by atoms with E-state index in [0.717, 1.165) is 22.4 Å². The highest BCUT2D eigenvalue weighted by atomic mass is 16.7. The number of amides is 1. The van der Waals surface area contributed by atoms with Gasteiger partial charge < -0.3 is 14.2 Å². The molecule has 2 aromatic carbocycles. The normalized spacial score (nSPS) is 12.4. The minimum atomic E-state index is -0.324. The lowest BCUT2D eigenvalue weighted by Gasteiger charge is -2.10. The van der Waals surface area contributed by atoms with Gasteiger partial charge in [-0.15, -0.1) is 0 Å². The number of hydrogen-bond donors (Lipinski definition) is 1. The van der Waals surface area contributed by atoms with Gasteiger partial charge in [0.2, 0.25) is 6.79 Å². The standard InChI is InChI=1S/C18H18N2O4/c1-12-4-3-5-13(2)18(12)22-10-17(21)20-19-9-14-6-7-15-16(8-14)24-11-23-15/h3-9H,10-11H2,1-2H3,(H,20,21)/b19-9-. The predicted molar refractivity (Wildman–Crippen MR) is 89.7 cm³/mol. The molecule has 3 rings (SSSR count). The van der Waals surface area contributed by atoms with Crippen LogP contribution in [0.15, 0.2) is 41.5 Å². The van der Waals surface area contributed by atoms with Gasteiger partial charge in [0.25, 0.3) is 5.91 Å². The Hall–Kier alpha value is -3.02. The summed E-state index contributed by atoms with van der Waals surface area (Å²) in [5, 5.41) is 3.92. The molecular weight excluding hydrogens is 308 g/mol. The van der Waals surface area contributed by atoms with Gasteiger partial charge in [-0.3, -0.25) is 4.79 Å². The molecule has 2 aromatic rings. The molecule has 1 aliphatic rings. The van der Waals surface area contributed by atoms with Gasteiger partial charge in [-0.05, 0) is 48.7 Å². The third-order valence-electron chi connectivity index (χ3n) is 3.56. The van der Waals surface area contributed by atoms with Crippen molar-refractivity contribution in [2.75, 3.05) is 13.4 Å². The van der Waals surface area contributed by atoms with Crippen molar-refractivity contribution in [3.63, 3.8) is 0 Å². The Bertz CT molecular complexity index is 766. The third-order valence-corrected chi connectivity index (χ3v) is 3.56. The minimum absolute atomic E-state index is 0.0931. The van der Waals surface area contributed by atoms with Crippen LogP contribution in [0.1, 0.15) is 16.7 Å². The number of fused-ring (bicyclic) bond motifs is 1. The van der Waals surface area contributed by atoms with Crippen molar-refractivity contribution < 1.29 is 19.0 Å². The number of rotatable bonds is 5. The van der Waals surface area contributed by atoms with Crippen LogP contribution in [-0.4, -0.2) is 25.5 Å². The number of para-hydroxylation sites is 1. The first-order valence-corrected chi connectivity index (χ1v) is 7.54. The van der Waals surface area contributed by atoms with Gasteiger partial charge in [0.15, 0.2) is 18.1 Å². The Morgan fingerprint density at radius 1 is 1.21 bits per heavy atom. The summed E-state index contributed by atoms with van der Waals surface area (Å²) in [6.07, 6.45) is 1.54. The first-order valence-electron chi connectivity index (χ1n) is 7.54. The highest BCUT2D eigenvalue weighted by Gasteiger charge is 2.12. The lowest BCUT2D eigenvalue weighted by Crippen LogP contribution is -2.25. The quantitative estimate of drug-likeness (QED) is 0.677. The Labute approximate surface area is 140 Å². The van der Waals surface area contributed by atoms with Crippen LogP contribution in [0.5, 0.6) is 17.2 Å². The summed E-state index contributed by atoms with van der Waals surface area (Å²) in [6, 6.07) is 11.3. The van der Waals surface area contributed by atoms with Gasteiger partial charge in [0, 0.05) is 0 Å². The molecule has 124 valence electrons. The van der Waals surface area contributed by atoms with Crippen molar-refractivity contribution in [1.29, 1.82) is 0 Å². The number of carbonyl (C=O) groups excluding carboxylic acids is 1. The zero-order valence-corrected chi connectivity index (χ0v) is 13.5. The van der Waals surface area contributed by atoms with Crippen LogP contribution in [0.4, 0.5) is 0 Å². The Balaban J connectivity index is 1.52. The average Bonchev–Trinajstić information content (AvgIpc) is 3.02. The number of carbonyl (C=O) groups is 1. The molecule has 0 aromatic heterocycles. The molecule has 0 saturated carbocycles. The number of hydrogen-bond acceptors (Lipinski definition) is 5. The van der Waals surface area contributed by atoms with Crippen LogP contribution in [0.3, 0.4) is 0 Å². The molecule has 0 radical (unpaired) electrons. The molecule has 6 heteroatoms. The molecule has 1 heterocycles. The molecule has 24 heavy (non-hydrogen) atoms. The van der Waals surface area contributed by atoms with Crippen LogP contribution >= 0.6 is 0 Å². The fourth-order valence-electron chi connectivity index (χ4n) is 2.37. The van der Waals surface area contributed by atoms with Gasteiger partial charge >= 0.3 is 0 Å². The van der Waals surface area contributed by atoms with Crippen molar-refractivity contribution in [3.8, 4) is 17.2 Å². The number of ether oxygens (including phenoxy) is 3. The van der Waals surface area contributed by atoms with E-state index in [1.807, 2.05) is 38.1 Å². The highest BCUT2D eigenvalue weighted by Crippen LogP contribution is 2.31. The van der Waals surface area contributed by atoms with E-state index in [-0.39, 0.29) is 19.3 Å².